The van der Waals surface area contributed by atoms with Gasteiger partial charge in [-0.25, -0.2) is 9.98 Å². The average Bonchev–Trinajstić information content (AvgIpc) is 3.25. The minimum absolute atomic E-state index is 0.719. The van der Waals surface area contributed by atoms with Crippen molar-refractivity contribution >= 4 is 38.8 Å². The molecule has 3 rings (SSSR count). The molecule has 0 saturated heterocycles. The Bertz CT molecular complexity index is 744. The number of hydrogen-bond acceptors (Lipinski definition) is 4. The fraction of sp³-hybridized carbons (Fsp3) is 0.333. The Balaban J connectivity index is 1.47. The van der Waals surface area contributed by atoms with Crippen LogP contribution in [0.1, 0.15) is 23.9 Å². The number of aromatic nitrogens is 1. The Hall–Kier alpha value is -1.92. The highest BCUT2D eigenvalue weighted by Crippen LogP contribution is 2.22. The van der Waals surface area contributed by atoms with Crippen molar-refractivity contribution in [3.05, 3.63) is 51.7 Å². The van der Waals surface area contributed by atoms with Crippen LogP contribution < -0.4 is 10.6 Å². The predicted octanol–water partition coefficient (Wildman–Crippen LogP) is 4.05. The van der Waals surface area contributed by atoms with Crippen molar-refractivity contribution in [2.45, 2.75) is 26.3 Å². The third-order valence-electron chi connectivity index (χ3n) is 3.54. The van der Waals surface area contributed by atoms with E-state index in [0.29, 0.717) is 0 Å². The monoisotopic (exact) mass is 358 g/mol. The smallest absolute Gasteiger partial charge is 0.191 e. The van der Waals surface area contributed by atoms with Gasteiger partial charge in [0.05, 0.1) is 21.8 Å². The zero-order valence-corrected chi connectivity index (χ0v) is 15.4. The summed E-state index contributed by atoms with van der Waals surface area (Å²) in [5.74, 6) is 0.882. The van der Waals surface area contributed by atoms with Gasteiger partial charge in [0.1, 0.15) is 0 Å². The van der Waals surface area contributed by atoms with E-state index < -0.39 is 0 Å². The summed E-state index contributed by atoms with van der Waals surface area (Å²) in [5.41, 5.74) is 2.36. The third-order valence-corrected chi connectivity index (χ3v) is 5.37. The molecule has 0 atom stereocenters. The van der Waals surface area contributed by atoms with Gasteiger partial charge < -0.3 is 10.6 Å². The van der Waals surface area contributed by atoms with Crippen LogP contribution in [-0.2, 0) is 13.0 Å². The molecule has 3 aromatic rings. The summed E-state index contributed by atoms with van der Waals surface area (Å²) in [5, 5.41) is 12.1. The van der Waals surface area contributed by atoms with E-state index in [1.807, 2.05) is 6.07 Å². The Morgan fingerprint density at radius 1 is 1.21 bits per heavy atom. The summed E-state index contributed by atoms with van der Waals surface area (Å²) >= 11 is 3.50. The van der Waals surface area contributed by atoms with Gasteiger partial charge in [0.25, 0.3) is 0 Å². The standard InChI is InChI=1S/C18H22N4S2/c1-2-19-18(21-12-14-9-11-23-13-14)20-10-5-8-17-22-15-6-3-4-7-16(15)24-17/h3-4,6-7,9,11,13H,2,5,8,10,12H2,1H3,(H2,19,20,21). The summed E-state index contributed by atoms with van der Waals surface area (Å²) in [4.78, 5) is 9.31. The number of aryl methyl sites for hydroxylation is 1. The SMILES string of the molecule is CCNC(=NCc1ccsc1)NCCCc1nc2ccccc2s1. The van der Waals surface area contributed by atoms with Crippen LogP contribution in [0.5, 0.6) is 0 Å². The fourth-order valence-electron chi connectivity index (χ4n) is 2.37. The van der Waals surface area contributed by atoms with E-state index in [0.717, 1.165) is 44.0 Å². The van der Waals surface area contributed by atoms with E-state index >= 15 is 0 Å². The lowest BCUT2D eigenvalue weighted by atomic mass is 10.3. The molecule has 0 spiro atoms. The van der Waals surface area contributed by atoms with E-state index in [4.69, 9.17) is 0 Å². The molecule has 0 amide bonds. The lowest BCUT2D eigenvalue weighted by molar-refractivity contribution is 0.742. The van der Waals surface area contributed by atoms with Crippen LogP contribution in [0, 0.1) is 0 Å². The van der Waals surface area contributed by atoms with Gasteiger partial charge in [0, 0.05) is 19.5 Å². The Kier molecular flexibility index (Phi) is 6.20. The molecule has 0 fully saturated rings. The van der Waals surface area contributed by atoms with E-state index in [1.165, 1.54) is 15.3 Å². The molecule has 0 bridgehead atoms. The molecule has 2 aromatic heterocycles. The highest BCUT2D eigenvalue weighted by molar-refractivity contribution is 7.18. The Morgan fingerprint density at radius 3 is 2.92 bits per heavy atom. The number of hydrogen-bond donors (Lipinski definition) is 2. The van der Waals surface area contributed by atoms with Gasteiger partial charge in [-0.2, -0.15) is 11.3 Å². The van der Waals surface area contributed by atoms with Crippen molar-refractivity contribution in [2.24, 2.45) is 4.99 Å². The lowest BCUT2D eigenvalue weighted by Gasteiger charge is -2.10. The maximum atomic E-state index is 4.68. The normalized spacial score (nSPS) is 11.8. The molecular weight excluding hydrogens is 336 g/mol. The van der Waals surface area contributed by atoms with Crippen LogP contribution in [-0.4, -0.2) is 24.0 Å². The third kappa shape index (κ3) is 4.79. The molecule has 0 aliphatic heterocycles. The number of thiazole rings is 1. The fourth-order valence-corrected chi connectivity index (χ4v) is 4.04. The molecule has 2 heterocycles. The summed E-state index contributed by atoms with van der Waals surface area (Å²) < 4.78 is 1.27. The first kappa shape index (κ1) is 16.9. The number of guanidine groups is 1. The number of nitrogens with one attached hydrogen (secondary N) is 2. The van der Waals surface area contributed by atoms with Crippen molar-refractivity contribution in [3.63, 3.8) is 0 Å². The number of rotatable bonds is 7. The number of nitrogens with zero attached hydrogens (tertiary/aromatic N) is 2. The number of para-hydroxylation sites is 1. The first-order valence-corrected chi connectivity index (χ1v) is 9.99. The number of aliphatic imine (C=N–C) groups is 1. The van der Waals surface area contributed by atoms with Gasteiger partial charge in [-0.3, -0.25) is 0 Å². The van der Waals surface area contributed by atoms with Gasteiger partial charge in [-0.05, 0) is 47.9 Å². The summed E-state index contributed by atoms with van der Waals surface area (Å²) in [6, 6.07) is 10.4. The molecule has 0 unspecified atom stereocenters. The quantitative estimate of drug-likeness (QED) is 0.381. The van der Waals surface area contributed by atoms with Gasteiger partial charge in [-0.1, -0.05) is 12.1 Å². The van der Waals surface area contributed by atoms with Crippen molar-refractivity contribution in [3.8, 4) is 0 Å². The zero-order valence-electron chi connectivity index (χ0n) is 13.8. The van der Waals surface area contributed by atoms with Gasteiger partial charge in [0.15, 0.2) is 5.96 Å². The maximum Gasteiger partial charge on any atom is 0.191 e. The van der Waals surface area contributed by atoms with E-state index in [2.05, 4.69) is 62.6 Å². The first-order valence-electron chi connectivity index (χ1n) is 8.23. The molecule has 1 aromatic carbocycles. The molecule has 4 nitrogen and oxygen atoms in total. The lowest BCUT2D eigenvalue weighted by Crippen LogP contribution is -2.37. The van der Waals surface area contributed by atoms with E-state index in [1.54, 1.807) is 22.7 Å². The molecule has 2 N–H and O–H groups in total. The Labute approximate surface area is 150 Å². The predicted molar refractivity (Wildman–Crippen MR) is 105 cm³/mol. The van der Waals surface area contributed by atoms with Crippen molar-refractivity contribution in [2.75, 3.05) is 13.1 Å². The van der Waals surface area contributed by atoms with Crippen LogP contribution >= 0.6 is 22.7 Å². The van der Waals surface area contributed by atoms with E-state index in [9.17, 15) is 0 Å². The minimum atomic E-state index is 0.719. The summed E-state index contributed by atoms with van der Waals surface area (Å²) in [7, 11) is 0. The molecule has 0 aliphatic carbocycles. The van der Waals surface area contributed by atoms with E-state index in [-0.39, 0.29) is 0 Å². The second-order valence-electron chi connectivity index (χ2n) is 5.43. The number of benzene rings is 1. The van der Waals surface area contributed by atoms with Crippen molar-refractivity contribution < 1.29 is 0 Å². The maximum absolute atomic E-state index is 4.68. The van der Waals surface area contributed by atoms with Crippen molar-refractivity contribution in [1.29, 1.82) is 0 Å². The summed E-state index contributed by atoms with van der Waals surface area (Å²) in [6.07, 6.45) is 2.04. The highest BCUT2D eigenvalue weighted by Gasteiger charge is 2.03. The minimum Gasteiger partial charge on any atom is -0.357 e. The molecule has 0 saturated carbocycles. The molecular formula is C18H22N4S2. The van der Waals surface area contributed by atoms with Crippen LogP contribution in [0.2, 0.25) is 0 Å². The average molecular weight is 359 g/mol. The molecule has 0 radical (unpaired) electrons. The molecule has 6 heteroatoms. The van der Waals surface area contributed by atoms with Crippen LogP contribution in [0.25, 0.3) is 10.2 Å². The molecule has 126 valence electrons. The zero-order chi connectivity index (χ0) is 16.6. The number of fused-ring (bicyclic) bond motifs is 1. The van der Waals surface area contributed by atoms with Crippen molar-refractivity contribution in [1.82, 2.24) is 15.6 Å². The highest BCUT2D eigenvalue weighted by atomic mass is 32.1. The van der Waals surface area contributed by atoms with Crippen LogP contribution in [0.15, 0.2) is 46.1 Å². The Morgan fingerprint density at radius 2 is 2.12 bits per heavy atom. The van der Waals surface area contributed by atoms with Gasteiger partial charge in [-0.15, -0.1) is 11.3 Å². The number of thiophene rings is 1. The van der Waals surface area contributed by atoms with Crippen LogP contribution in [0.3, 0.4) is 0 Å². The van der Waals surface area contributed by atoms with Crippen LogP contribution in [0.4, 0.5) is 0 Å². The second-order valence-corrected chi connectivity index (χ2v) is 7.33. The summed E-state index contributed by atoms with van der Waals surface area (Å²) in [6.45, 7) is 4.57. The topological polar surface area (TPSA) is 49.3 Å². The molecule has 24 heavy (non-hydrogen) atoms. The second kappa shape index (κ2) is 8.80. The largest absolute Gasteiger partial charge is 0.357 e. The van der Waals surface area contributed by atoms with Gasteiger partial charge in [0.2, 0.25) is 0 Å². The van der Waals surface area contributed by atoms with Gasteiger partial charge >= 0.3 is 0 Å². The first-order chi connectivity index (χ1) is 11.8. The molecule has 0 aliphatic rings.